The zero-order chi connectivity index (χ0) is 15.6. The molecule has 2 aromatic rings. The van der Waals surface area contributed by atoms with Gasteiger partial charge in [0.25, 0.3) is 0 Å². The first-order valence-corrected chi connectivity index (χ1v) is 7.34. The number of ether oxygens (including phenoxy) is 1. The largest absolute Gasteiger partial charge is 0.497 e. The molecule has 0 aliphatic rings. The Morgan fingerprint density at radius 3 is 2.52 bits per heavy atom. The molecule has 0 aliphatic heterocycles. The summed E-state index contributed by atoms with van der Waals surface area (Å²) in [5, 5.41) is 3.30. The van der Waals surface area contributed by atoms with Gasteiger partial charge in [-0.25, -0.2) is 8.78 Å². The minimum Gasteiger partial charge on any atom is -0.497 e. The van der Waals surface area contributed by atoms with E-state index in [0.717, 1.165) is 0 Å². The van der Waals surface area contributed by atoms with Crippen LogP contribution in [0.2, 0.25) is 5.02 Å². The van der Waals surface area contributed by atoms with Crippen LogP contribution < -0.4 is 10.1 Å². The molecule has 21 heavy (non-hydrogen) atoms. The first-order chi connectivity index (χ1) is 9.92. The summed E-state index contributed by atoms with van der Waals surface area (Å²) in [5.74, 6) is -0.381. The predicted molar refractivity (Wildman–Crippen MR) is 84.1 cm³/mol. The molecule has 6 heteroatoms. The normalized spacial score (nSPS) is 12.1. The van der Waals surface area contributed by atoms with Crippen molar-refractivity contribution in [3.8, 4) is 5.75 Å². The first kappa shape index (κ1) is 16.0. The van der Waals surface area contributed by atoms with E-state index in [1.807, 2.05) is 0 Å². The molecule has 2 aromatic carbocycles. The minimum atomic E-state index is -0.444. The maximum Gasteiger partial charge on any atom is 0.132 e. The van der Waals surface area contributed by atoms with E-state index >= 15 is 0 Å². The van der Waals surface area contributed by atoms with E-state index in [2.05, 4.69) is 21.2 Å². The van der Waals surface area contributed by atoms with Crippen LogP contribution in [-0.2, 0) is 0 Å². The third-order valence-electron chi connectivity index (χ3n) is 3.04. The molecule has 1 atom stereocenters. The second-order valence-electron chi connectivity index (χ2n) is 4.50. The topological polar surface area (TPSA) is 21.3 Å². The molecule has 0 radical (unpaired) electrons. The number of rotatable bonds is 4. The Morgan fingerprint density at radius 1 is 1.24 bits per heavy atom. The van der Waals surface area contributed by atoms with Crippen LogP contribution in [0.3, 0.4) is 0 Å². The maximum absolute atomic E-state index is 14.0. The molecule has 2 rings (SSSR count). The van der Waals surface area contributed by atoms with Crippen LogP contribution in [0, 0.1) is 11.6 Å². The highest BCUT2D eigenvalue weighted by molar-refractivity contribution is 9.10. The van der Waals surface area contributed by atoms with Crippen LogP contribution >= 0.6 is 27.5 Å². The average Bonchev–Trinajstić information content (AvgIpc) is 2.42. The molecule has 0 saturated carbocycles. The molecule has 0 saturated heterocycles. The summed E-state index contributed by atoms with van der Waals surface area (Å²) in [6.45, 7) is 1.79. The maximum atomic E-state index is 14.0. The summed E-state index contributed by atoms with van der Waals surface area (Å²) >= 11 is 9.25. The fourth-order valence-electron chi connectivity index (χ4n) is 1.96. The number of hydrogen-bond donors (Lipinski definition) is 1. The molecule has 0 aliphatic carbocycles. The van der Waals surface area contributed by atoms with E-state index in [4.69, 9.17) is 16.3 Å². The lowest BCUT2D eigenvalue weighted by molar-refractivity contribution is 0.410. The van der Waals surface area contributed by atoms with Crippen molar-refractivity contribution >= 4 is 33.2 Å². The number of nitrogens with one attached hydrogen (secondary N) is 1. The third kappa shape index (κ3) is 3.66. The average molecular weight is 377 g/mol. The standard InChI is InChI=1S/C15H13BrClF2NO/c1-8(11-4-3-10(21-2)7-14(11)19)20-15-12(16)5-9(18)6-13(15)17/h3-8,20H,1-2H3. The summed E-state index contributed by atoms with van der Waals surface area (Å²) in [6.07, 6.45) is 0. The molecule has 0 fully saturated rings. The molecule has 0 heterocycles. The minimum absolute atomic E-state index is 0.225. The van der Waals surface area contributed by atoms with Crippen LogP contribution in [0.1, 0.15) is 18.5 Å². The summed E-state index contributed by atoms with van der Waals surface area (Å²) in [5.41, 5.74) is 0.976. The van der Waals surface area contributed by atoms with E-state index in [1.54, 1.807) is 19.1 Å². The quantitative estimate of drug-likeness (QED) is 0.754. The summed E-state index contributed by atoms with van der Waals surface area (Å²) in [6, 6.07) is 6.77. The Morgan fingerprint density at radius 2 is 1.95 bits per heavy atom. The van der Waals surface area contributed by atoms with Gasteiger partial charge in [-0.2, -0.15) is 0 Å². The van der Waals surface area contributed by atoms with E-state index in [9.17, 15) is 8.78 Å². The number of halogens is 4. The van der Waals surface area contributed by atoms with Gasteiger partial charge < -0.3 is 10.1 Å². The van der Waals surface area contributed by atoms with Crippen LogP contribution in [0.4, 0.5) is 14.5 Å². The fraction of sp³-hybridized carbons (Fsp3) is 0.200. The Labute approximate surface area is 135 Å². The number of benzene rings is 2. The van der Waals surface area contributed by atoms with Gasteiger partial charge in [0, 0.05) is 16.1 Å². The molecule has 0 aromatic heterocycles. The highest BCUT2D eigenvalue weighted by atomic mass is 79.9. The van der Waals surface area contributed by atoms with Gasteiger partial charge in [-0.15, -0.1) is 0 Å². The fourth-order valence-corrected chi connectivity index (χ4v) is 2.88. The summed E-state index contributed by atoms with van der Waals surface area (Å²) in [4.78, 5) is 0. The molecular formula is C15H13BrClF2NO. The van der Waals surface area contributed by atoms with Crippen molar-refractivity contribution in [2.75, 3.05) is 12.4 Å². The lowest BCUT2D eigenvalue weighted by Crippen LogP contribution is -2.09. The highest BCUT2D eigenvalue weighted by Crippen LogP contribution is 2.35. The van der Waals surface area contributed by atoms with Gasteiger partial charge in [-0.1, -0.05) is 17.7 Å². The third-order valence-corrected chi connectivity index (χ3v) is 3.97. The Kier molecular flexibility index (Phi) is 5.06. The molecule has 0 amide bonds. The Bertz CT molecular complexity index is 643. The number of methoxy groups -OCH3 is 1. The van der Waals surface area contributed by atoms with Crippen LogP contribution in [-0.4, -0.2) is 7.11 Å². The van der Waals surface area contributed by atoms with E-state index < -0.39 is 5.82 Å². The first-order valence-electron chi connectivity index (χ1n) is 6.17. The van der Waals surface area contributed by atoms with Gasteiger partial charge in [0.1, 0.15) is 17.4 Å². The van der Waals surface area contributed by atoms with Crippen LogP contribution in [0.25, 0.3) is 0 Å². The second kappa shape index (κ2) is 6.62. The van der Waals surface area contributed by atoms with Crippen LogP contribution in [0.15, 0.2) is 34.8 Å². The van der Waals surface area contributed by atoms with Crippen molar-refractivity contribution in [2.24, 2.45) is 0 Å². The van der Waals surface area contributed by atoms with Crippen molar-refractivity contribution in [2.45, 2.75) is 13.0 Å². The predicted octanol–water partition coefficient (Wildman–Crippen LogP) is 5.56. The van der Waals surface area contributed by atoms with Gasteiger partial charge >= 0.3 is 0 Å². The van der Waals surface area contributed by atoms with Crippen molar-refractivity contribution < 1.29 is 13.5 Å². The Balaban J connectivity index is 2.28. The lowest BCUT2D eigenvalue weighted by Gasteiger charge is -2.19. The van der Waals surface area contributed by atoms with E-state index in [0.29, 0.717) is 21.5 Å². The Hall–Kier alpha value is -1.33. The van der Waals surface area contributed by atoms with Crippen molar-refractivity contribution in [1.29, 1.82) is 0 Å². The van der Waals surface area contributed by atoms with Gasteiger partial charge in [-0.05, 0) is 41.1 Å². The van der Waals surface area contributed by atoms with Crippen LogP contribution in [0.5, 0.6) is 5.75 Å². The van der Waals surface area contributed by atoms with Crippen molar-refractivity contribution in [3.63, 3.8) is 0 Å². The van der Waals surface area contributed by atoms with Gasteiger partial charge in [0.05, 0.1) is 23.9 Å². The molecule has 1 N–H and O–H groups in total. The molecule has 2 nitrogen and oxygen atoms in total. The number of hydrogen-bond acceptors (Lipinski definition) is 2. The zero-order valence-electron chi connectivity index (χ0n) is 11.4. The summed E-state index contributed by atoms with van der Waals surface area (Å²) in [7, 11) is 1.48. The highest BCUT2D eigenvalue weighted by Gasteiger charge is 2.15. The molecule has 0 spiro atoms. The smallest absolute Gasteiger partial charge is 0.132 e. The molecule has 0 bridgehead atoms. The zero-order valence-corrected chi connectivity index (χ0v) is 13.7. The van der Waals surface area contributed by atoms with E-state index in [1.165, 1.54) is 25.3 Å². The van der Waals surface area contributed by atoms with Gasteiger partial charge in [-0.3, -0.25) is 0 Å². The summed E-state index contributed by atoms with van der Waals surface area (Å²) < 4.78 is 32.7. The van der Waals surface area contributed by atoms with Gasteiger partial charge in [0.2, 0.25) is 0 Å². The van der Waals surface area contributed by atoms with E-state index in [-0.39, 0.29) is 16.9 Å². The van der Waals surface area contributed by atoms with Crippen molar-refractivity contribution in [1.82, 2.24) is 0 Å². The molecule has 1 unspecified atom stereocenters. The second-order valence-corrected chi connectivity index (χ2v) is 5.76. The molecule has 112 valence electrons. The molecular weight excluding hydrogens is 364 g/mol. The number of anilines is 1. The van der Waals surface area contributed by atoms with Gasteiger partial charge in [0.15, 0.2) is 0 Å². The lowest BCUT2D eigenvalue weighted by atomic mass is 10.1. The SMILES string of the molecule is COc1ccc(C(C)Nc2c(Cl)cc(F)cc2Br)c(F)c1. The van der Waals surface area contributed by atoms with Crippen molar-refractivity contribution in [3.05, 3.63) is 57.0 Å². The monoisotopic (exact) mass is 375 g/mol.